The van der Waals surface area contributed by atoms with Gasteiger partial charge in [-0.15, -0.1) is 0 Å². The number of likely N-dealkylation sites (tertiary alicyclic amines) is 1. The molecule has 134 valence electrons. The molecule has 1 unspecified atom stereocenters. The summed E-state index contributed by atoms with van der Waals surface area (Å²) in [4.78, 5) is 14.5. The molecule has 0 bridgehead atoms. The molecule has 6 nitrogen and oxygen atoms in total. The molecule has 1 aromatic carbocycles. The molecular formula is C19H25N3O3. The highest BCUT2D eigenvalue weighted by molar-refractivity contribution is 5.92. The lowest BCUT2D eigenvalue weighted by atomic mass is 9.92. The van der Waals surface area contributed by atoms with Gasteiger partial charge in [-0.3, -0.25) is 4.79 Å². The molecule has 1 aliphatic heterocycles. The van der Waals surface area contributed by atoms with E-state index in [1.807, 2.05) is 36.9 Å². The predicted octanol–water partition coefficient (Wildman–Crippen LogP) is 2.42. The molecule has 3 rings (SSSR count). The number of carbonyl (C=O) groups is 1. The lowest BCUT2D eigenvalue weighted by Gasteiger charge is -2.32. The monoisotopic (exact) mass is 343 g/mol. The van der Waals surface area contributed by atoms with Gasteiger partial charge in [-0.1, -0.05) is 6.07 Å². The van der Waals surface area contributed by atoms with E-state index in [1.165, 1.54) is 0 Å². The summed E-state index contributed by atoms with van der Waals surface area (Å²) in [5, 5.41) is 14.1. The molecule has 0 saturated carbocycles. The summed E-state index contributed by atoms with van der Waals surface area (Å²) in [7, 11) is 1.62. The van der Waals surface area contributed by atoms with E-state index in [9.17, 15) is 9.90 Å². The number of aromatic nitrogens is 2. The van der Waals surface area contributed by atoms with Crippen LogP contribution >= 0.6 is 0 Å². The van der Waals surface area contributed by atoms with E-state index in [0.717, 1.165) is 24.1 Å². The number of aliphatic hydroxyl groups excluding tert-OH is 1. The van der Waals surface area contributed by atoms with Gasteiger partial charge in [0.1, 0.15) is 11.4 Å². The van der Waals surface area contributed by atoms with Gasteiger partial charge in [-0.2, -0.15) is 5.10 Å². The van der Waals surface area contributed by atoms with E-state index in [-0.39, 0.29) is 17.9 Å². The van der Waals surface area contributed by atoms with Crippen molar-refractivity contribution in [3.05, 3.63) is 41.7 Å². The first-order chi connectivity index (χ1) is 12.0. The Hall–Kier alpha value is -2.34. The average molecular weight is 343 g/mol. The van der Waals surface area contributed by atoms with Crippen LogP contribution in [0.2, 0.25) is 0 Å². The number of aliphatic hydroxyl groups is 1. The Labute approximate surface area is 148 Å². The third-order valence-electron chi connectivity index (χ3n) is 4.90. The van der Waals surface area contributed by atoms with Gasteiger partial charge in [0.05, 0.1) is 13.2 Å². The minimum atomic E-state index is -0.315. The van der Waals surface area contributed by atoms with Crippen LogP contribution in [-0.4, -0.2) is 52.0 Å². The normalized spacial score (nSPS) is 16.7. The molecular weight excluding hydrogens is 318 g/mol. The van der Waals surface area contributed by atoms with E-state index < -0.39 is 0 Å². The largest absolute Gasteiger partial charge is 0.494 e. The highest BCUT2D eigenvalue weighted by atomic mass is 16.5. The molecule has 1 fully saturated rings. The van der Waals surface area contributed by atoms with E-state index in [2.05, 4.69) is 5.10 Å². The molecule has 0 spiro atoms. The molecule has 6 heteroatoms. The number of nitrogens with zero attached hydrogens (tertiary/aromatic N) is 3. The molecule has 1 N–H and O–H groups in total. The van der Waals surface area contributed by atoms with E-state index >= 15 is 0 Å². The SMILES string of the molecule is COc1ccc(C)cc1-n1ccc(C(=O)N2CCC(C(C)O)CC2)n1. The van der Waals surface area contributed by atoms with Gasteiger partial charge in [-0.05, 0) is 56.4 Å². The summed E-state index contributed by atoms with van der Waals surface area (Å²) >= 11 is 0. The van der Waals surface area contributed by atoms with Crippen molar-refractivity contribution in [1.29, 1.82) is 0 Å². The molecule has 0 aliphatic carbocycles. The second-order valence-electron chi connectivity index (χ2n) is 6.69. The van der Waals surface area contributed by atoms with Crippen LogP contribution in [0, 0.1) is 12.8 Å². The van der Waals surface area contributed by atoms with Crippen LogP contribution in [0.25, 0.3) is 5.69 Å². The van der Waals surface area contributed by atoms with E-state index in [4.69, 9.17) is 4.74 Å². The van der Waals surface area contributed by atoms with Crippen molar-refractivity contribution in [2.75, 3.05) is 20.2 Å². The average Bonchev–Trinajstić information content (AvgIpc) is 3.11. The Kier molecular flexibility index (Phi) is 5.08. The number of amides is 1. The zero-order valence-corrected chi connectivity index (χ0v) is 15.0. The molecule has 2 aromatic rings. The first kappa shape index (κ1) is 17.5. The summed E-state index contributed by atoms with van der Waals surface area (Å²) in [6.07, 6.45) is 3.13. The second-order valence-corrected chi connectivity index (χ2v) is 6.69. The first-order valence-electron chi connectivity index (χ1n) is 8.67. The zero-order valence-electron chi connectivity index (χ0n) is 15.0. The molecule has 25 heavy (non-hydrogen) atoms. The number of carbonyl (C=O) groups excluding carboxylic acids is 1. The Morgan fingerprint density at radius 3 is 2.68 bits per heavy atom. The molecule has 0 radical (unpaired) electrons. The van der Waals surface area contributed by atoms with Gasteiger partial charge in [-0.25, -0.2) is 4.68 Å². The fraction of sp³-hybridized carbons (Fsp3) is 0.474. The molecule has 1 saturated heterocycles. The number of benzene rings is 1. The fourth-order valence-corrected chi connectivity index (χ4v) is 3.30. The predicted molar refractivity (Wildman–Crippen MR) is 95.2 cm³/mol. The van der Waals surface area contributed by atoms with Crippen molar-refractivity contribution in [2.45, 2.75) is 32.8 Å². The van der Waals surface area contributed by atoms with Gasteiger partial charge in [0.2, 0.25) is 0 Å². The van der Waals surface area contributed by atoms with Gasteiger partial charge >= 0.3 is 0 Å². The maximum absolute atomic E-state index is 12.7. The number of piperidine rings is 1. The standard InChI is InChI=1S/C19H25N3O3/c1-13-4-5-18(25-3)17(12-13)22-11-8-16(20-22)19(24)21-9-6-15(7-10-21)14(2)23/h4-5,8,11-12,14-15,23H,6-7,9-10H2,1-3H3. The lowest BCUT2D eigenvalue weighted by molar-refractivity contribution is 0.0516. The van der Waals surface area contributed by atoms with Crippen molar-refractivity contribution in [1.82, 2.24) is 14.7 Å². The molecule has 2 heterocycles. The minimum absolute atomic E-state index is 0.0607. The van der Waals surface area contributed by atoms with Crippen LogP contribution in [0.5, 0.6) is 5.75 Å². The topological polar surface area (TPSA) is 67.6 Å². The van der Waals surface area contributed by atoms with Crippen LogP contribution in [0.4, 0.5) is 0 Å². The second kappa shape index (κ2) is 7.27. The van der Waals surface area contributed by atoms with Crippen LogP contribution in [0.3, 0.4) is 0 Å². The molecule has 1 atom stereocenters. The first-order valence-corrected chi connectivity index (χ1v) is 8.67. The van der Waals surface area contributed by atoms with Gasteiger partial charge < -0.3 is 14.7 Å². The van der Waals surface area contributed by atoms with Crippen LogP contribution in [0.1, 0.15) is 35.8 Å². The number of methoxy groups -OCH3 is 1. The van der Waals surface area contributed by atoms with Crippen molar-refractivity contribution in [3.8, 4) is 11.4 Å². The van der Waals surface area contributed by atoms with Crippen molar-refractivity contribution >= 4 is 5.91 Å². The summed E-state index contributed by atoms with van der Waals surface area (Å²) < 4.78 is 7.08. The Morgan fingerprint density at radius 1 is 1.32 bits per heavy atom. The molecule has 1 aliphatic rings. The van der Waals surface area contributed by atoms with Gasteiger partial charge in [0.25, 0.3) is 5.91 Å². The number of ether oxygens (including phenoxy) is 1. The minimum Gasteiger partial charge on any atom is -0.494 e. The lowest BCUT2D eigenvalue weighted by Crippen LogP contribution is -2.40. The third kappa shape index (κ3) is 3.69. The highest BCUT2D eigenvalue weighted by Crippen LogP contribution is 2.25. The third-order valence-corrected chi connectivity index (χ3v) is 4.90. The molecule has 1 amide bonds. The number of hydrogen-bond acceptors (Lipinski definition) is 4. The van der Waals surface area contributed by atoms with Crippen molar-refractivity contribution < 1.29 is 14.6 Å². The molecule has 1 aromatic heterocycles. The summed E-state index contributed by atoms with van der Waals surface area (Å²) in [5.41, 5.74) is 2.34. The highest BCUT2D eigenvalue weighted by Gasteiger charge is 2.27. The van der Waals surface area contributed by atoms with Crippen molar-refractivity contribution in [3.63, 3.8) is 0 Å². The van der Waals surface area contributed by atoms with Crippen molar-refractivity contribution in [2.24, 2.45) is 5.92 Å². The summed E-state index contributed by atoms with van der Waals surface area (Å²) in [5.74, 6) is 0.929. The van der Waals surface area contributed by atoms with Gasteiger partial charge in [0, 0.05) is 19.3 Å². The Balaban J connectivity index is 1.76. The van der Waals surface area contributed by atoms with E-state index in [1.54, 1.807) is 24.1 Å². The van der Waals surface area contributed by atoms with Crippen LogP contribution in [-0.2, 0) is 0 Å². The number of hydrogen-bond donors (Lipinski definition) is 1. The number of rotatable bonds is 4. The summed E-state index contributed by atoms with van der Waals surface area (Å²) in [6.45, 7) is 5.15. The van der Waals surface area contributed by atoms with Crippen LogP contribution < -0.4 is 4.74 Å². The Morgan fingerprint density at radius 2 is 2.04 bits per heavy atom. The smallest absolute Gasteiger partial charge is 0.274 e. The zero-order chi connectivity index (χ0) is 18.0. The van der Waals surface area contributed by atoms with E-state index in [0.29, 0.717) is 24.5 Å². The quantitative estimate of drug-likeness (QED) is 0.926. The van der Waals surface area contributed by atoms with Crippen LogP contribution in [0.15, 0.2) is 30.5 Å². The maximum atomic E-state index is 12.7. The fourth-order valence-electron chi connectivity index (χ4n) is 3.30. The number of aryl methyl sites for hydroxylation is 1. The summed E-state index contributed by atoms with van der Waals surface area (Å²) in [6, 6.07) is 7.60. The maximum Gasteiger partial charge on any atom is 0.274 e. The van der Waals surface area contributed by atoms with Gasteiger partial charge in [0.15, 0.2) is 5.69 Å². The Bertz CT molecular complexity index is 746.